The van der Waals surface area contributed by atoms with Gasteiger partial charge in [-0.2, -0.15) is 5.10 Å². The largest absolute Gasteiger partial charge is 0.311 e. The van der Waals surface area contributed by atoms with Crippen LogP contribution < -0.4 is 5.32 Å². The first-order valence-electron chi connectivity index (χ1n) is 7.91. The van der Waals surface area contributed by atoms with Gasteiger partial charge in [-0.1, -0.05) is 0 Å². The van der Waals surface area contributed by atoms with Gasteiger partial charge in [-0.05, 0) is 66.1 Å². The van der Waals surface area contributed by atoms with Crippen molar-refractivity contribution in [1.82, 2.24) is 20.0 Å². The first-order valence-corrected chi connectivity index (χ1v) is 7.91. The second-order valence-electron chi connectivity index (χ2n) is 6.85. The zero-order valence-corrected chi connectivity index (χ0v) is 14.9. The third-order valence-corrected chi connectivity index (χ3v) is 4.58. The average molecular weight is 318 g/mol. The normalized spacial score (nSPS) is 12.2. The molecule has 1 aromatic carbocycles. The average Bonchev–Trinajstić information content (AvgIpc) is 2.76. The van der Waals surface area contributed by atoms with Crippen LogP contribution in [0, 0.1) is 19.7 Å². The fourth-order valence-electron chi connectivity index (χ4n) is 2.42. The molecule has 126 valence electrons. The number of hydrogen-bond donors (Lipinski definition) is 1. The molecule has 0 radical (unpaired) electrons. The maximum Gasteiger partial charge on any atom is 0.123 e. The van der Waals surface area contributed by atoms with Crippen LogP contribution in [0.15, 0.2) is 24.3 Å². The molecule has 2 aromatic rings. The van der Waals surface area contributed by atoms with E-state index in [9.17, 15) is 4.39 Å². The summed E-state index contributed by atoms with van der Waals surface area (Å²) < 4.78 is 15.0. The minimum atomic E-state index is -0.233. The SMILES string of the molecule is Cc1nn(-c2ccc(F)cc2)c(C)c1CNCC(C)(C)N(C)C. The van der Waals surface area contributed by atoms with E-state index in [0.717, 1.165) is 30.2 Å². The Morgan fingerprint density at radius 2 is 1.78 bits per heavy atom. The lowest BCUT2D eigenvalue weighted by Gasteiger charge is -2.32. The Labute approximate surface area is 138 Å². The van der Waals surface area contributed by atoms with Gasteiger partial charge in [-0.15, -0.1) is 0 Å². The van der Waals surface area contributed by atoms with E-state index in [1.807, 2.05) is 11.6 Å². The van der Waals surface area contributed by atoms with Crippen molar-refractivity contribution < 1.29 is 4.39 Å². The maximum absolute atomic E-state index is 13.1. The van der Waals surface area contributed by atoms with E-state index < -0.39 is 0 Å². The van der Waals surface area contributed by atoms with Crippen LogP contribution in [0.1, 0.15) is 30.8 Å². The van der Waals surface area contributed by atoms with E-state index in [-0.39, 0.29) is 11.4 Å². The third-order valence-electron chi connectivity index (χ3n) is 4.58. The molecule has 0 saturated carbocycles. The monoisotopic (exact) mass is 318 g/mol. The summed E-state index contributed by atoms with van der Waals surface area (Å²) in [4.78, 5) is 2.21. The number of halogens is 1. The number of aromatic nitrogens is 2. The van der Waals surface area contributed by atoms with Crippen molar-refractivity contribution in [2.45, 2.75) is 39.8 Å². The molecule has 0 spiro atoms. The van der Waals surface area contributed by atoms with E-state index in [1.54, 1.807) is 12.1 Å². The highest BCUT2D eigenvalue weighted by atomic mass is 19.1. The summed E-state index contributed by atoms with van der Waals surface area (Å²) in [5, 5.41) is 8.13. The molecule has 1 N–H and O–H groups in total. The number of likely N-dealkylation sites (N-methyl/N-ethyl adjacent to an activating group) is 1. The van der Waals surface area contributed by atoms with Crippen LogP contribution in [0.4, 0.5) is 4.39 Å². The highest BCUT2D eigenvalue weighted by Gasteiger charge is 2.20. The van der Waals surface area contributed by atoms with Crippen LogP contribution in [-0.2, 0) is 6.54 Å². The molecule has 0 aliphatic rings. The predicted octanol–water partition coefficient (Wildman–Crippen LogP) is 3.06. The van der Waals surface area contributed by atoms with Crippen molar-refractivity contribution in [1.29, 1.82) is 0 Å². The molecule has 0 atom stereocenters. The minimum Gasteiger partial charge on any atom is -0.311 e. The van der Waals surface area contributed by atoms with Gasteiger partial charge in [0.2, 0.25) is 0 Å². The van der Waals surface area contributed by atoms with E-state index in [2.05, 4.69) is 50.2 Å². The van der Waals surface area contributed by atoms with Crippen LogP contribution in [0.25, 0.3) is 5.69 Å². The summed E-state index contributed by atoms with van der Waals surface area (Å²) in [6.07, 6.45) is 0. The lowest BCUT2D eigenvalue weighted by Crippen LogP contribution is -2.46. The Kier molecular flexibility index (Phi) is 5.22. The smallest absolute Gasteiger partial charge is 0.123 e. The topological polar surface area (TPSA) is 33.1 Å². The molecule has 1 heterocycles. The molecule has 0 fully saturated rings. The van der Waals surface area contributed by atoms with Crippen molar-refractivity contribution in [3.05, 3.63) is 47.0 Å². The van der Waals surface area contributed by atoms with Crippen LogP contribution in [-0.4, -0.2) is 40.9 Å². The number of nitrogens with one attached hydrogen (secondary N) is 1. The van der Waals surface area contributed by atoms with E-state index in [4.69, 9.17) is 0 Å². The van der Waals surface area contributed by atoms with Crippen LogP contribution in [0.5, 0.6) is 0 Å². The van der Waals surface area contributed by atoms with Gasteiger partial charge < -0.3 is 10.2 Å². The summed E-state index contributed by atoms with van der Waals surface area (Å²) >= 11 is 0. The van der Waals surface area contributed by atoms with E-state index >= 15 is 0 Å². The van der Waals surface area contributed by atoms with Crippen molar-refractivity contribution >= 4 is 0 Å². The predicted molar refractivity (Wildman–Crippen MR) is 92.5 cm³/mol. The second-order valence-corrected chi connectivity index (χ2v) is 6.85. The molecule has 1 aromatic heterocycles. The lowest BCUT2D eigenvalue weighted by atomic mass is 10.0. The highest BCUT2D eigenvalue weighted by Crippen LogP contribution is 2.18. The Bertz CT molecular complexity index is 656. The summed E-state index contributed by atoms with van der Waals surface area (Å²) in [5.74, 6) is -0.233. The number of aryl methyl sites for hydroxylation is 1. The molecule has 0 unspecified atom stereocenters. The molecule has 0 saturated heterocycles. The van der Waals surface area contributed by atoms with Crippen molar-refractivity contribution in [3.63, 3.8) is 0 Å². The summed E-state index contributed by atoms with van der Waals surface area (Å²) in [5.41, 5.74) is 4.26. The third kappa shape index (κ3) is 3.98. The van der Waals surface area contributed by atoms with Gasteiger partial charge >= 0.3 is 0 Å². The second kappa shape index (κ2) is 6.81. The molecule has 5 heteroatoms. The van der Waals surface area contributed by atoms with Gasteiger partial charge in [0.15, 0.2) is 0 Å². The van der Waals surface area contributed by atoms with E-state index in [0.29, 0.717) is 0 Å². The van der Waals surface area contributed by atoms with Gasteiger partial charge in [0, 0.05) is 29.9 Å². The summed E-state index contributed by atoms with van der Waals surface area (Å²) in [6.45, 7) is 10.2. The van der Waals surface area contributed by atoms with Gasteiger partial charge in [0.1, 0.15) is 5.82 Å². The van der Waals surface area contributed by atoms with Crippen molar-refractivity contribution in [2.24, 2.45) is 0 Å². The quantitative estimate of drug-likeness (QED) is 0.888. The fourth-order valence-corrected chi connectivity index (χ4v) is 2.42. The van der Waals surface area contributed by atoms with Gasteiger partial charge in [0.25, 0.3) is 0 Å². The van der Waals surface area contributed by atoms with Crippen molar-refractivity contribution in [3.8, 4) is 5.69 Å². The molecular formula is C18H27FN4. The summed E-state index contributed by atoms with van der Waals surface area (Å²) in [7, 11) is 4.18. The molecule has 0 bridgehead atoms. The minimum absolute atomic E-state index is 0.0920. The van der Waals surface area contributed by atoms with Gasteiger partial charge in [0.05, 0.1) is 11.4 Å². The molecule has 0 amide bonds. The van der Waals surface area contributed by atoms with Crippen LogP contribution >= 0.6 is 0 Å². The first kappa shape index (κ1) is 17.6. The fraction of sp³-hybridized carbons (Fsp3) is 0.500. The zero-order chi connectivity index (χ0) is 17.2. The molecule has 4 nitrogen and oxygen atoms in total. The van der Waals surface area contributed by atoms with Crippen molar-refractivity contribution in [2.75, 3.05) is 20.6 Å². The van der Waals surface area contributed by atoms with Crippen LogP contribution in [0.3, 0.4) is 0 Å². The van der Waals surface area contributed by atoms with Crippen LogP contribution in [0.2, 0.25) is 0 Å². The Balaban J connectivity index is 2.14. The Morgan fingerprint density at radius 3 is 2.35 bits per heavy atom. The zero-order valence-electron chi connectivity index (χ0n) is 14.9. The van der Waals surface area contributed by atoms with Gasteiger partial charge in [-0.25, -0.2) is 9.07 Å². The Hall–Kier alpha value is -1.72. The summed E-state index contributed by atoms with van der Waals surface area (Å²) in [6, 6.07) is 6.43. The number of benzene rings is 1. The van der Waals surface area contributed by atoms with Gasteiger partial charge in [-0.3, -0.25) is 0 Å². The maximum atomic E-state index is 13.1. The highest BCUT2D eigenvalue weighted by molar-refractivity contribution is 5.37. The molecule has 23 heavy (non-hydrogen) atoms. The number of hydrogen-bond acceptors (Lipinski definition) is 3. The molecule has 2 rings (SSSR count). The Morgan fingerprint density at radius 1 is 1.17 bits per heavy atom. The van der Waals surface area contributed by atoms with E-state index in [1.165, 1.54) is 17.7 Å². The molecular weight excluding hydrogens is 291 g/mol. The lowest BCUT2D eigenvalue weighted by molar-refractivity contribution is 0.189. The molecule has 0 aliphatic heterocycles. The first-order chi connectivity index (χ1) is 10.7. The standard InChI is InChI=1S/C18H27FN4/c1-13-17(11-20-12-18(3,4)22(5)6)14(2)23(21-13)16-9-7-15(19)8-10-16/h7-10,20H,11-12H2,1-6H3. The number of rotatable bonds is 6. The molecule has 0 aliphatic carbocycles. The number of nitrogens with zero attached hydrogens (tertiary/aromatic N) is 3.